The molecule has 0 atom stereocenters. The maximum absolute atomic E-state index is 6.05. The van der Waals surface area contributed by atoms with E-state index in [1.54, 1.807) is 24.9 Å². The van der Waals surface area contributed by atoms with Crippen LogP contribution in [-0.4, -0.2) is 56.7 Å². The Bertz CT molecular complexity index is 1720. The first-order valence-corrected chi connectivity index (χ1v) is 12.4. The van der Waals surface area contributed by atoms with E-state index < -0.39 is 0 Å². The maximum atomic E-state index is 6.05. The lowest BCUT2D eigenvalue weighted by Gasteiger charge is -2.21. The molecule has 0 aliphatic carbocycles. The van der Waals surface area contributed by atoms with Gasteiger partial charge >= 0.3 is 0 Å². The lowest BCUT2D eigenvalue weighted by Crippen LogP contribution is -2.25. The molecule has 0 bridgehead atoms. The predicted molar refractivity (Wildman–Crippen MR) is 150 cm³/mol. The normalized spacial score (nSPS) is 11.1. The molecule has 0 aliphatic heterocycles. The van der Waals surface area contributed by atoms with Crippen LogP contribution < -0.4 is 31.9 Å². The SMILES string of the molecule is CNc1n[nH]c(Nc2ccc(CN(Cc3coc(Nc4nnc(N)n4C)c3)c3nnc(Nc4ccc[nH]4)n3C)o2)n1. The van der Waals surface area contributed by atoms with Crippen LogP contribution in [0.4, 0.5) is 53.3 Å². The predicted octanol–water partition coefficient (Wildman–Crippen LogP) is 2.64. The zero-order valence-electron chi connectivity index (χ0n) is 22.4. The fourth-order valence-corrected chi connectivity index (χ4v) is 4.00. The summed E-state index contributed by atoms with van der Waals surface area (Å²) < 4.78 is 15.3. The highest BCUT2D eigenvalue weighted by Crippen LogP contribution is 2.26. The monoisotopic (exact) mass is 560 g/mol. The average Bonchev–Trinajstić information content (AvgIpc) is 3.81. The summed E-state index contributed by atoms with van der Waals surface area (Å²) in [7, 11) is 5.38. The van der Waals surface area contributed by atoms with Crippen LogP contribution in [0.3, 0.4) is 0 Å². The Morgan fingerprint density at radius 3 is 2.59 bits per heavy atom. The molecule has 0 amide bonds. The van der Waals surface area contributed by atoms with E-state index in [0.29, 0.717) is 60.4 Å². The van der Waals surface area contributed by atoms with E-state index in [-0.39, 0.29) is 5.95 Å². The van der Waals surface area contributed by atoms with Crippen LogP contribution >= 0.6 is 0 Å². The Hall–Kier alpha value is -5.94. The van der Waals surface area contributed by atoms with Gasteiger partial charge < -0.3 is 35.1 Å². The Morgan fingerprint density at radius 1 is 0.976 bits per heavy atom. The summed E-state index contributed by atoms with van der Waals surface area (Å²) in [4.78, 5) is 9.37. The van der Waals surface area contributed by atoms with Crippen LogP contribution in [0.15, 0.2) is 51.6 Å². The molecule has 6 heterocycles. The molecular weight excluding hydrogens is 532 g/mol. The van der Waals surface area contributed by atoms with Crippen LogP contribution in [0.5, 0.6) is 0 Å². The van der Waals surface area contributed by atoms with Crippen molar-refractivity contribution in [3.05, 3.63) is 54.1 Å². The molecule has 6 aromatic heterocycles. The first-order chi connectivity index (χ1) is 19.9. The highest BCUT2D eigenvalue weighted by Gasteiger charge is 2.20. The van der Waals surface area contributed by atoms with Crippen molar-refractivity contribution < 1.29 is 8.83 Å². The van der Waals surface area contributed by atoms with Gasteiger partial charge in [0.2, 0.25) is 35.7 Å². The number of nitrogens with one attached hydrogen (secondary N) is 6. The van der Waals surface area contributed by atoms with Gasteiger partial charge in [0.25, 0.3) is 0 Å². The smallest absolute Gasteiger partial charge is 0.243 e. The van der Waals surface area contributed by atoms with Crippen molar-refractivity contribution in [2.45, 2.75) is 13.1 Å². The first-order valence-electron chi connectivity index (χ1n) is 12.4. The van der Waals surface area contributed by atoms with E-state index in [0.717, 1.165) is 11.4 Å². The molecule has 0 aromatic carbocycles. The second-order valence-corrected chi connectivity index (χ2v) is 8.98. The van der Waals surface area contributed by atoms with Crippen molar-refractivity contribution in [3.8, 4) is 0 Å². The second kappa shape index (κ2) is 10.7. The van der Waals surface area contributed by atoms with Crippen molar-refractivity contribution in [2.75, 3.05) is 38.9 Å². The molecule has 212 valence electrons. The third-order valence-electron chi connectivity index (χ3n) is 6.11. The number of furan rings is 2. The lowest BCUT2D eigenvalue weighted by molar-refractivity contribution is 0.510. The quantitative estimate of drug-likeness (QED) is 0.114. The van der Waals surface area contributed by atoms with Gasteiger partial charge in [0.05, 0.1) is 12.8 Å². The molecule has 6 aromatic rings. The molecule has 8 N–H and O–H groups in total. The number of anilines is 9. The topological polar surface area (TPSA) is 222 Å². The maximum Gasteiger partial charge on any atom is 0.243 e. The number of aromatic amines is 2. The second-order valence-electron chi connectivity index (χ2n) is 8.98. The minimum Gasteiger partial charge on any atom is -0.448 e. The molecule has 0 radical (unpaired) electrons. The van der Waals surface area contributed by atoms with E-state index in [1.807, 2.05) is 53.0 Å². The summed E-state index contributed by atoms with van der Waals surface area (Å²) >= 11 is 0. The lowest BCUT2D eigenvalue weighted by atomic mass is 10.3. The van der Waals surface area contributed by atoms with Crippen molar-refractivity contribution in [1.29, 1.82) is 0 Å². The highest BCUT2D eigenvalue weighted by atomic mass is 16.4. The zero-order chi connectivity index (χ0) is 28.3. The Kier molecular flexibility index (Phi) is 6.60. The zero-order valence-corrected chi connectivity index (χ0v) is 22.4. The molecule has 41 heavy (non-hydrogen) atoms. The molecular formula is C23H28N16O2. The van der Waals surface area contributed by atoms with Gasteiger partial charge in [0.1, 0.15) is 11.6 Å². The minimum atomic E-state index is 0.287. The number of aromatic nitrogens is 10. The van der Waals surface area contributed by atoms with Gasteiger partial charge in [-0.15, -0.1) is 25.5 Å². The molecule has 18 heteroatoms. The number of nitrogens with zero attached hydrogens (tertiary/aromatic N) is 9. The molecule has 18 nitrogen and oxygen atoms in total. The molecule has 6 rings (SSSR count). The van der Waals surface area contributed by atoms with Crippen molar-refractivity contribution in [1.82, 2.24) is 49.7 Å². The number of hydrogen-bond donors (Lipinski definition) is 7. The standard InChI is InChI=1S/C23H28N16O2/c1-25-19-30-20(33-32-19)28-16-7-6-14(41-16)11-39(23-36-35-21(38(23)3)27-15-5-4-8-26-15)10-13-9-17(40-12-13)29-22-34-31-18(24)37(22)2/h4-9,12,26H,10-11H2,1-3H3,(H2,24,31)(H,27,35)(H,29,34)(H3,25,28,30,32,33). The molecule has 0 saturated heterocycles. The fourth-order valence-electron chi connectivity index (χ4n) is 4.00. The molecule has 0 spiro atoms. The van der Waals surface area contributed by atoms with Crippen LogP contribution in [-0.2, 0) is 27.2 Å². The average molecular weight is 561 g/mol. The number of nitrogens with two attached hydrogens (primary N) is 1. The Labute approximate surface area is 232 Å². The van der Waals surface area contributed by atoms with Gasteiger partial charge in [-0.25, -0.2) is 5.10 Å². The van der Waals surface area contributed by atoms with Crippen LogP contribution in [0.1, 0.15) is 11.3 Å². The van der Waals surface area contributed by atoms with E-state index >= 15 is 0 Å². The summed E-state index contributed by atoms with van der Waals surface area (Å²) in [5, 5.41) is 35.7. The Morgan fingerprint density at radius 2 is 1.83 bits per heavy atom. The first kappa shape index (κ1) is 25.3. The highest BCUT2D eigenvalue weighted by molar-refractivity contribution is 5.53. The molecule has 0 aliphatic rings. The summed E-state index contributed by atoms with van der Waals surface area (Å²) in [6.45, 7) is 0.805. The third kappa shape index (κ3) is 5.46. The van der Waals surface area contributed by atoms with E-state index in [9.17, 15) is 0 Å². The van der Waals surface area contributed by atoms with Crippen LogP contribution in [0.25, 0.3) is 0 Å². The van der Waals surface area contributed by atoms with Gasteiger partial charge in [0.15, 0.2) is 11.8 Å². The molecule has 0 unspecified atom stereocenters. The summed E-state index contributed by atoms with van der Waals surface area (Å²) in [5.41, 5.74) is 6.65. The summed E-state index contributed by atoms with van der Waals surface area (Å²) in [6.07, 6.45) is 3.48. The number of hydrogen-bond acceptors (Lipinski definition) is 14. The molecule has 0 saturated carbocycles. The number of rotatable bonds is 12. The largest absolute Gasteiger partial charge is 0.448 e. The summed E-state index contributed by atoms with van der Waals surface area (Å²) in [5.74, 6) is 5.29. The minimum absolute atomic E-state index is 0.287. The van der Waals surface area contributed by atoms with Crippen molar-refractivity contribution >= 4 is 53.3 Å². The van der Waals surface area contributed by atoms with Crippen LogP contribution in [0.2, 0.25) is 0 Å². The fraction of sp³-hybridized carbons (Fsp3) is 0.217. The van der Waals surface area contributed by atoms with Gasteiger partial charge in [-0.2, -0.15) is 4.98 Å². The van der Waals surface area contributed by atoms with Crippen LogP contribution in [0, 0.1) is 0 Å². The summed E-state index contributed by atoms with van der Waals surface area (Å²) in [6, 6.07) is 9.36. The van der Waals surface area contributed by atoms with E-state index in [1.165, 1.54) is 0 Å². The van der Waals surface area contributed by atoms with Crippen molar-refractivity contribution in [3.63, 3.8) is 0 Å². The van der Waals surface area contributed by atoms with Crippen molar-refractivity contribution in [2.24, 2.45) is 14.1 Å². The van der Waals surface area contributed by atoms with E-state index in [4.69, 9.17) is 14.6 Å². The van der Waals surface area contributed by atoms with E-state index in [2.05, 4.69) is 61.8 Å². The third-order valence-corrected chi connectivity index (χ3v) is 6.11. The van der Waals surface area contributed by atoms with Gasteiger partial charge in [-0.3, -0.25) is 19.8 Å². The van der Waals surface area contributed by atoms with Gasteiger partial charge in [-0.1, -0.05) is 0 Å². The number of nitrogen functional groups attached to an aromatic ring is 1. The molecule has 0 fully saturated rings. The number of H-pyrrole nitrogens is 2. The Balaban J connectivity index is 1.23. The van der Waals surface area contributed by atoms with Gasteiger partial charge in [0, 0.05) is 51.6 Å². The van der Waals surface area contributed by atoms with Gasteiger partial charge in [-0.05, 0) is 18.2 Å².